The minimum atomic E-state index is -0.231. The van der Waals surface area contributed by atoms with E-state index in [0.717, 1.165) is 5.69 Å². The largest absolute Gasteiger partial charge is 0.459 e. The molecule has 2 aromatic rings. The topological polar surface area (TPSA) is 60.1 Å². The van der Waals surface area contributed by atoms with Crippen LogP contribution in [-0.2, 0) is 13.6 Å². The van der Waals surface area contributed by atoms with E-state index in [0.29, 0.717) is 12.3 Å². The summed E-state index contributed by atoms with van der Waals surface area (Å²) in [4.78, 5) is 11.4. The van der Waals surface area contributed by atoms with Gasteiger partial charge in [0.1, 0.15) is 0 Å². The fraction of sp³-hybridized carbons (Fsp3) is 0.200. The predicted octanol–water partition coefficient (Wildman–Crippen LogP) is 0.943. The summed E-state index contributed by atoms with van der Waals surface area (Å²) in [5.74, 6) is 0.0802. The number of aryl methyl sites for hydroxylation is 1. The van der Waals surface area contributed by atoms with Crippen LogP contribution in [0.2, 0.25) is 0 Å². The second-order valence-corrected chi connectivity index (χ2v) is 3.14. The van der Waals surface area contributed by atoms with Crippen LogP contribution in [0.5, 0.6) is 0 Å². The number of furan rings is 1. The first-order chi connectivity index (χ1) is 7.25. The van der Waals surface area contributed by atoms with Crippen molar-refractivity contribution in [2.24, 2.45) is 7.05 Å². The number of carbonyl (C=O) groups is 1. The van der Waals surface area contributed by atoms with Crippen molar-refractivity contribution in [3.8, 4) is 0 Å². The molecule has 0 aliphatic rings. The molecule has 0 fully saturated rings. The lowest BCUT2D eigenvalue weighted by Crippen LogP contribution is -2.22. The summed E-state index contributed by atoms with van der Waals surface area (Å²) in [5.41, 5.74) is 0.817. The van der Waals surface area contributed by atoms with E-state index in [-0.39, 0.29) is 5.91 Å². The van der Waals surface area contributed by atoms with Gasteiger partial charge in [0.25, 0.3) is 5.91 Å². The Labute approximate surface area is 86.7 Å². The highest BCUT2D eigenvalue weighted by molar-refractivity contribution is 5.91. The summed E-state index contributed by atoms with van der Waals surface area (Å²) < 4.78 is 6.64. The molecule has 0 saturated heterocycles. The molecule has 0 bridgehead atoms. The molecule has 2 aromatic heterocycles. The van der Waals surface area contributed by atoms with Crippen LogP contribution < -0.4 is 5.32 Å². The van der Waals surface area contributed by atoms with Crippen molar-refractivity contribution in [3.05, 3.63) is 42.1 Å². The van der Waals surface area contributed by atoms with E-state index in [2.05, 4.69) is 10.4 Å². The Hall–Kier alpha value is -2.04. The second-order valence-electron chi connectivity index (χ2n) is 3.14. The molecule has 2 rings (SSSR count). The van der Waals surface area contributed by atoms with Crippen molar-refractivity contribution in [3.63, 3.8) is 0 Å². The predicted molar refractivity (Wildman–Crippen MR) is 53.1 cm³/mol. The third-order valence-corrected chi connectivity index (χ3v) is 1.94. The van der Waals surface area contributed by atoms with Gasteiger partial charge in [-0.2, -0.15) is 5.10 Å². The number of nitrogens with one attached hydrogen (secondary N) is 1. The summed E-state index contributed by atoms with van der Waals surface area (Å²) >= 11 is 0. The monoisotopic (exact) mass is 205 g/mol. The molecule has 0 saturated carbocycles. The molecule has 0 aromatic carbocycles. The van der Waals surface area contributed by atoms with Crippen molar-refractivity contribution in [2.45, 2.75) is 6.54 Å². The normalized spacial score (nSPS) is 10.2. The van der Waals surface area contributed by atoms with Gasteiger partial charge in [0.2, 0.25) is 0 Å². The minimum absolute atomic E-state index is 0.231. The molecule has 0 radical (unpaired) electrons. The highest BCUT2D eigenvalue weighted by Crippen LogP contribution is 2.00. The van der Waals surface area contributed by atoms with Gasteiger partial charge < -0.3 is 9.73 Å². The fourth-order valence-electron chi connectivity index (χ4n) is 1.22. The van der Waals surface area contributed by atoms with Gasteiger partial charge in [0.15, 0.2) is 5.76 Å². The minimum Gasteiger partial charge on any atom is -0.459 e. The zero-order valence-electron chi connectivity index (χ0n) is 8.30. The first-order valence-electron chi connectivity index (χ1n) is 4.56. The molecule has 5 nitrogen and oxygen atoms in total. The van der Waals surface area contributed by atoms with Crippen molar-refractivity contribution in [1.29, 1.82) is 0 Å². The zero-order chi connectivity index (χ0) is 10.7. The highest BCUT2D eigenvalue weighted by atomic mass is 16.3. The lowest BCUT2D eigenvalue weighted by Gasteiger charge is -1.99. The van der Waals surface area contributed by atoms with Crippen molar-refractivity contribution >= 4 is 5.91 Å². The molecule has 0 aliphatic heterocycles. The summed E-state index contributed by atoms with van der Waals surface area (Å²) in [6.45, 7) is 0.403. The number of rotatable bonds is 3. The molecular weight excluding hydrogens is 194 g/mol. The van der Waals surface area contributed by atoms with Gasteiger partial charge in [0, 0.05) is 13.2 Å². The van der Waals surface area contributed by atoms with Crippen LogP contribution in [0.15, 0.2) is 35.1 Å². The Balaban J connectivity index is 1.91. The number of nitrogens with zero attached hydrogens (tertiary/aromatic N) is 2. The molecule has 1 amide bonds. The Morgan fingerprint density at radius 1 is 1.60 bits per heavy atom. The molecule has 0 atom stereocenters. The van der Waals surface area contributed by atoms with Crippen LogP contribution in [0.25, 0.3) is 0 Å². The van der Waals surface area contributed by atoms with Gasteiger partial charge >= 0.3 is 0 Å². The van der Waals surface area contributed by atoms with E-state index < -0.39 is 0 Å². The smallest absolute Gasteiger partial charge is 0.287 e. The van der Waals surface area contributed by atoms with Gasteiger partial charge in [-0.1, -0.05) is 0 Å². The standard InChI is InChI=1S/C10H11N3O2/c1-13-5-4-8(12-13)7-11-10(14)9-3-2-6-15-9/h2-6H,7H2,1H3,(H,11,14). The number of carbonyl (C=O) groups excluding carboxylic acids is 1. The molecular formula is C10H11N3O2. The number of hydrogen-bond acceptors (Lipinski definition) is 3. The number of amides is 1. The lowest BCUT2D eigenvalue weighted by atomic mass is 10.4. The number of aromatic nitrogens is 2. The molecule has 0 aliphatic carbocycles. The Kier molecular flexibility index (Phi) is 2.53. The average Bonchev–Trinajstić information content (AvgIpc) is 2.84. The quantitative estimate of drug-likeness (QED) is 0.811. The van der Waals surface area contributed by atoms with E-state index in [1.807, 2.05) is 19.3 Å². The van der Waals surface area contributed by atoms with Gasteiger partial charge in [-0.25, -0.2) is 0 Å². The SMILES string of the molecule is Cn1ccc(CNC(=O)c2ccco2)n1. The molecule has 15 heavy (non-hydrogen) atoms. The first-order valence-corrected chi connectivity index (χ1v) is 4.56. The Morgan fingerprint density at radius 3 is 3.07 bits per heavy atom. The summed E-state index contributed by atoms with van der Waals surface area (Å²) in [6, 6.07) is 5.14. The summed E-state index contributed by atoms with van der Waals surface area (Å²) in [5, 5.41) is 6.84. The van der Waals surface area contributed by atoms with Crippen LogP contribution in [0, 0.1) is 0 Å². The fourth-order valence-corrected chi connectivity index (χ4v) is 1.22. The van der Waals surface area contributed by atoms with Crippen molar-refractivity contribution in [2.75, 3.05) is 0 Å². The first kappa shape index (κ1) is 9.51. The maximum Gasteiger partial charge on any atom is 0.287 e. The molecule has 0 spiro atoms. The van der Waals surface area contributed by atoms with Gasteiger partial charge in [0.05, 0.1) is 18.5 Å². The maximum atomic E-state index is 11.4. The molecule has 2 heterocycles. The van der Waals surface area contributed by atoms with Gasteiger partial charge in [-0.15, -0.1) is 0 Å². The molecule has 78 valence electrons. The van der Waals surface area contributed by atoms with Crippen molar-refractivity contribution < 1.29 is 9.21 Å². The van der Waals surface area contributed by atoms with Crippen molar-refractivity contribution in [1.82, 2.24) is 15.1 Å². The Bertz CT molecular complexity index is 445. The zero-order valence-corrected chi connectivity index (χ0v) is 8.30. The van der Waals surface area contributed by atoms with Crippen LogP contribution in [0.3, 0.4) is 0 Å². The van der Waals surface area contributed by atoms with E-state index in [9.17, 15) is 4.79 Å². The highest BCUT2D eigenvalue weighted by Gasteiger charge is 2.07. The third-order valence-electron chi connectivity index (χ3n) is 1.94. The van der Waals surface area contributed by atoms with E-state index in [1.54, 1.807) is 16.8 Å². The summed E-state index contributed by atoms with van der Waals surface area (Å²) in [7, 11) is 1.83. The molecule has 1 N–H and O–H groups in total. The molecule has 0 unspecified atom stereocenters. The molecule has 5 heteroatoms. The number of hydrogen-bond donors (Lipinski definition) is 1. The maximum absolute atomic E-state index is 11.4. The second kappa shape index (κ2) is 4.00. The van der Waals surface area contributed by atoms with Crippen LogP contribution in [0.4, 0.5) is 0 Å². The van der Waals surface area contributed by atoms with E-state index in [1.165, 1.54) is 6.26 Å². The Morgan fingerprint density at radius 2 is 2.47 bits per heavy atom. The van der Waals surface area contributed by atoms with Crippen LogP contribution >= 0.6 is 0 Å². The average molecular weight is 205 g/mol. The lowest BCUT2D eigenvalue weighted by molar-refractivity contribution is 0.0922. The van der Waals surface area contributed by atoms with E-state index in [4.69, 9.17) is 4.42 Å². The van der Waals surface area contributed by atoms with E-state index >= 15 is 0 Å². The summed E-state index contributed by atoms with van der Waals surface area (Å²) in [6.07, 6.45) is 3.30. The van der Waals surface area contributed by atoms with Gasteiger partial charge in [-0.05, 0) is 18.2 Å². The van der Waals surface area contributed by atoms with Crippen LogP contribution in [-0.4, -0.2) is 15.7 Å². The van der Waals surface area contributed by atoms with Gasteiger partial charge in [-0.3, -0.25) is 9.48 Å². The third kappa shape index (κ3) is 2.25. The van der Waals surface area contributed by atoms with Crippen LogP contribution in [0.1, 0.15) is 16.2 Å².